The van der Waals surface area contributed by atoms with E-state index in [0.29, 0.717) is 11.7 Å². The van der Waals surface area contributed by atoms with Crippen molar-refractivity contribution in [1.82, 2.24) is 9.88 Å². The van der Waals surface area contributed by atoms with Crippen LogP contribution >= 0.6 is 0 Å². The van der Waals surface area contributed by atoms with Crippen LogP contribution in [0.3, 0.4) is 0 Å². The van der Waals surface area contributed by atoms with Gasteiger partial charge in [-0.3, -0.25) is 0 Å². The number of hydrogen-bond donors (Lipinski definition) is 1. The van der Waals surface area contributed by atoms with Gasteiger partial charge in [0.05, 0.1) is 18.7 Å². The summed E-state index contributed by atoms with van der Waals surface area (Å²) in [5, 5.41) is 4.79. The van der Waals surface area contributed by atoms with Gasteiger partial charge in [0.25, 0.3) is 0 Å². The van der Waals surface area contributed by atoms with E-state index in [0.717, 1.165) is 24.9 Å². The monoisotopic (exact) mass is 268 g/mol. The van der Waals surface area contributed by atoms with Crippen molar-refractivity contribution in [2.75, 3.05) is 13.7 Å². The minimum absolute atomic E-state index is 0.266. The van der Waals surface area contributed by atoms with Crippen LogP contribution in [0.25, 0.3) is 16.6 Å². The van der Waals surface area contributed by atoms with E-state index in [1.807, 2.05) is 12.1 Å². The number of rotatable bonds is 1. The summed E-state index contributed by atoms with van der Waals surface area (Å²) >= 11 is 0. The van der Waals surface area contributed by atoms with Crippen molar-refractivity contribution >= 4 is 22.6 Å². The van der Waals surface area contributed by atoms with Crippen molar-refractivity contribution in [3.05, 3.63) is 41.6 Å². The molecule has 0 spiro atoms. The number of hydrogen-bond acceptors (Lipinski definition) is 3. The fourth-order valence-corrected chi connectivity index (χ4v) is 3.48. The Morgan fingerprint density at radius 3 is 3.10 bits per heavy atom. The number of aromatic nitrogens is 1. The normalized spacial score (nSPS) is 20.4. The molecule has 2 aromatic rings. The number of nitrogens with one attached hydrogen (secondary N) is 1. The van der Waals surface area contributed by atoms with E-state index < -0.39 is 0 Å². The van der Waals surface area contributed by atoms with Crippen LogP contribution in [0.4, 0.5) is 0 Å². The topological polar surface area (TPSA) is 43.3 Å². The zero-order valence-electron chi connectivity index (χ0n) is 11.3. The minimum atomic E-state index is -0.266. The molecule has 4 rings (SSSR count). The van der Waals surface area contributed by atoms with Gasteiger partial charge in [0, 0.05) is 11.1 Å². The summed E-state index contributed by atoms with van der Waals surface area (Å²) in [7, 11) is 1.44. The number of ether oxygens (including phenoxy) is 1. The third-order valence-corrected chi connectivity index (χ3v) is 4.30. The molecule has 1 aromatic carbocycles. The van der Waals surface area contributed by atoms with Crippen molar-refractivity contribution in [3.8, 4) is 0 Å². The highest BCUT2D eigenvalue weighted by Gasteiger charge is 2.32. The van der Waals surface area contributed by atoms with Crippen LogP contribution < -0.4 is 5.32 Å². The Kier molecular flexibility index (Phi) is 2.47. The van der Waals surface area contributed by atoms with Crippen LogP contribution in [0, 0.1) is 0 Å². The molecule has 20 heavy (non-hydrogen) atoms. The summed E-state index contributed by atoms with van der Waals surface area (Å²) in [6.45, 7) is 0.993. The zero-order chi connectivity index (χ0) is 13.7. The van der Waals surface area contributed by atoms with Gasteiger partial charge in [0.1, 0.15) is 5.70 Å². The van der Waals surface area contributed by atoms with Gasteiger partial charge in [-0.2, -0.15) is 0 Å². The number of para-hydroxylation sites is 1. The number of esters is 1. The highest BCUT2D eigenvalue weighted by Crippen LogP contribution is 2.39. The molecule has 0 amide bonds. The molecule has 102 valence electrons. The molecular formula is C16H16N2O2. The lowest BCUT2D eigenvalue weighted by Gasteiger charge is -2.30. The molecule has 2 aliphatic heterocycles. The van der Waals surface area contributed by atoms with E-state index in [1.165, 1.54) is 23.8 Å². The molecule has 1 aromatic heterocycles. The van der Waals surface area contributed by atoms with Crippen molar-refractivity contribution in [2.45, 2.75) is 18.9 Å². The summed E-state index contributed by atoms with van der Waals surface area (Å²) in [4.78, 5) is 12.1. The smallest absolute Gasteiger partial charge is 0.354 e. The van der Waals surface area contributed by atoms with Gasteiger partial charge in [-0.15, -0.1) is 0 Å². The Hall–Kier alpha value is -2.07. The fourth-order valence-electron chi connectivity index (χ4n) is 3.48. The molecule has 1 atom stereocenters. The first-order valence-electron chi connectivity index (χ1n) is 6.95. The van der Waals surface area contributed by atoms with E-state index >= 15 is 0 Å². The summed E-state index contributed by atoms with van der Waals surface area (Å²) in [6.07, 6.45) is 3.83. The predicted molar refractivity (Wildman–Crippen MR) is 77.3 cm³/mol. The van der Waals surface area contributed by atoms with E-state index in [9.17, 15) is 4.79 Å². The van der Waals surface area contributed by atoms with Gasteiger partial charge >= 0.3 is 5.97 Å². The van der Waals surface area contributed by atoms with Gasteiger partial charge in [-0.1, -0.05) is 24.3 Å². The maximum atomic E-state index is 12.1. The van der Waals surface area contributed by atoms with Crippen LogP contribution in [-0.2, 0) is 16.0 Å². The minimum Gasteiger partial charge on any atom is -0.464 e. The molecule has 0 fully saturated rings. The number of benzene rings is 1. The van der Waals surface area contributed by atoms with E-state index in [4.69, 9.17) is 4.74 Å². The SMILES string of the molecule is COC(=O)C1=CC[C@@H]2NCCc3c2n1c1ccccc31. The third kappa shape index (κ3) is 1.42. The number of carbonyl (C=O) groups excluding carboxylic acids is 1. The van der Waals surface area contributed by atoms with E-state index in [2.05, 4.69) is 28.1 Å². The lowest BCUT2D eigenvalue weighted by Crippen LogP contribution is -2.33. The predicted octanol–water partition coefficient (Wildman–Crippen LogP) is 2.25. The van der Waals surface area contributed by atoms with Gasteiger partial charge in [0.15, 0.2) is 0 Å². The number of methoxy groups -OCH3 is 1. The molecule has 0 bridgehead atoms. The molecule has 0 radical (unpaired) electrons. The quantitative estimate of drug-likeness (QED) is 0.807. The van der Waals surface area contributed by atoms with Crippen molar-refractivity contribution in [1.29, 1.82) is 0 Å². The molecule has 3 heterocycles. The summed E-state index contributed by atoms with van der Waals surface area (Å²) in [5.74, 6) is -0.266. The molecule has 0 aliphatic carbocycles. The summed E-state index contributed by atoms with van der Waals surface area (Å²) in [6, 6.07) is 8.60. The fraction of sp³-hybridized carbons (Fsp3) is 0.312. The number of nitrogens with zero attached hydrogens (tertiary/aromatic N) is 1. The Bertz CT molecular complexity index is 742. The van der Waals surface area contributed by atoms with Crippen LogP contribution in [0.5, 0.6) is 0 Å². The summed E-state index contributed by atoms with van der Waals surface area (Å²) in [5.41, 5.74) is 4.35. The molecule has 0 unspecified atom stereocenters. The Morgan fingerprint density at radius 1 is 1.40 bits per heavy atom. The second kappa shape index (κ2) is 4.21. The molecule has 2 aliphatic rings. The second-order valence-electron chi connectivity index (χ2n) is 5.29. The molecule has 0 saturated heterocycles. The lowest BCUT2D eigenvalue weighted by atomic mass is 9.95. The van der Waals surface area contributed by atoms with Gasteiger partial charge in [0.2, 0.25) is 0 Å². The van der Waals surface area contributed by atoms with Crippen molar-refractivity contribution in [2.24, 2.45) is 0 Å². The van der Waals surface area contributed by atoms with Crippen LogP contribution in [0.2, 0.25) is 0 Å². The van der Waals surface area contributed by atoms with Crippen LogP contribution in [-0.4, -0.2) is 24.2 Å². The molecular weight excluding hydrogens is 252 g/mol. The second-order valence-corrected chi connectivity index (χ2v) is 5.29. The zero-order valence-corrected chi connectivity index (χ0v) is 11.3. The Morgan fingerprint density at radius 2 is 2.25 bits per heavy atom. The standard InChI is InChI=1S/C16H16N2O2/c1-20-16(19)14-7-6-12-15-11(8-9-17-12)10-4-2-3-5-13(10)18(14)15/h2-5,7,12,17H,6,8-9H2,1H3/t12-/m0/s1. The largest absolute Gasteiger partial charge is 0.464 e. The van der Waals surface area contributed by atoms with Gasteiger partial charge in [-0.05, 0) is 31.0 Å². The average molecular weight is 268 g/mol. The maximum Gasteiger partial charge on any atom is 0.354 e. The van der Waals surface area contributed by atoms with Crippen molar-refractivity contribution in [3.63, 3.8) is 0 Å². The first-order chi connectivity index (χ1) is 9.81. The number of carbonyl (C=O) groups is 1. The Labute approximate surface area is 117 Å². The maximum absolute atomic E-state index is 12.1. The highest BCUT2D eigenvalue weighted by molar-refractivity contribution is 6.13. The highest BCUT2D eigenvalue weighted by atomic mass is 16.5. The molecule has 4 nitrogen and oxygen atoms in total. The first kappa shape index (κ1) is 11.7. The average Bonchev–Trinajstić information content (AvgIpc) is 2.85. The van der Waals surface area contributed by atoms with Gasteiger partial charge < -0.3 is 14.6 Å². The van der Waals surface area contributed by atoms with Crippen molar-refractivity contribution < 1.29 is 9.53 Å². The summed E-state index contributed by atoms with van der Waals surface area (Å²) < 4.78 is 7.02. The van der Waals surface area contributed by atoms with E-state index in [1.54, 1.807) is 0 Å². The molecule has 4 heteroatoms. The Balaban J connectivity index is 2.07. The van der Waals surface area contributed by atoms with Crippen LogP contribution in [0.1, 0.15) is 23.7 Å². The number of fused-ring (bicyclic) bond motifs is 3. The van der Waals surface area contributed by atoms with Gasteiger partial charge in [-0.25, -0.2) is 4.79 Å². The molecule has 0 saturated carbocycles. The van der Waals surface area contributed by atoms with E-state index in [-0.39, 0.29) is 5.97 Å². The molecule has 1 N–H and O–H groups in total. The van der Waals surface area contributed by atoms with Crippen LogP contribution in [0.15, 0.2) is 30.3 Å². The lowest BCUT2D eigenvalue weighted by molar-refractivity contribution is -0.134. The third-order valence-electron chi connectivity index (χ3n) is 4.30. The first-order valence-corrected chi connectivity index (χ1v) is 6.95.